The Morgan fingerprint density at radius 1 is 0.964 bits per heavy atom. The summed E-state index contributed by atoms with van der Waals surface area (Å²) in [7, 11) is 0. The number of unbranched alkanes of at least 4 members (excludes halogenated alkanes) is 1. The summed E-state index contributed by atoms with van der Waals surface area (Å²) >= 11 is 0. The number of amides is 2. The summed E-state index contributed by atoms with van der Waals surface area (Å²) < 4.78 is 37.3. The summed E-state index contributed by atoms with van der Waals surface area (Å²) in [4.78, 5) is 31.8. The summed E-state index contributed by atoms with van der Waals surface area (Å²) in [6.07, 6.45) is -2.73. The first kappa shape index (κ1) is 22.9. The van der Waals surface area contributed by atoms with Crippen molar-refractivity contribution in [2.75, 3.05) is 5.32 Å². The van der Waals surface area contributed by atoms with E-state index < -0.39 is 29.5 Å². The minimum Gasteiger partial charge on any atom is -0.315 e. The maximum atomic E-state index is 12.4. The molecule has 2 amide bonds. The number of hydrogen-bond donors (Lipinski definition) is 2. The third kappa shape index (κ3) is 10.1. The normalized spacial score (nSPS) is 12.2. The molecule has 0 saturated carbocycles. The number of nitrogens with zero attached hydrogens (tertiary/aromatic N) is 2. The second-order valence-electron chi connectivity index (χ2n) is 6.49. The van der Waals surface area contributed by atoms with Gasteiger partial charge in [0.2, 0.25) is 0 Å². The van der Waals surface area contributed by atoms with Crippen LogP contribution in [0.1, 0.15) is 39.2 Å². The lowest BCUT2D eigenvalue weighted by molar-refractivity contribution is -0.137. The van der Waals surface area contributed by atoms with Crippen molar-refractivity contribution in [3.63, 3.8) is 0 Å². The van der Waals surface area contributed by atoms with Crippen molar-refractivity contribution in [3.8, 4) is 0 Å². The van der Waals surface area contributed by atoms with Gasteiger partial charge in [0.1, 0.15) is 0 Å². The molecule has 8 nitrogen and oxygen atoms in total. The fourth-order valence-electron chi connectivity index (χ4n) is 1.64. The molecule has 154 valence electrons. The average molecular weight is 402 g/mol. The van der Waals surface area contributed by atoms with Gasteiger partial charge in [-0.25, -0.2) is 9.59 Å². The highest BCUT2D eigenvalue weighted by atomic mass is 19.4. The SMILES string of the molecule is CC(C)(C)NC(=O)ON=CCCC=NOC(=O)Nc1ccc(C(F)(F)F)cc1. The van der Waals surface area contributed by atoms with Crippen molar-refractivity contribution < 1.29 is 32.4 Å². The first-order valence-electron chi connectivity index (χ1n) is 8.15. The lowest BCUT2D eigenvalue weighted by Crippen LogP contribution is -2.40. The van der Waals surface area contributed by atoms with Crippen molar-refractivity contribution in [3.05, 3.63) is 29.8 Å². The molecule has 0 spiro atoms. The Balaban J connectivity index is 2.24. The Morgan fingerprint density at radius 2 is 1.46 bits per heavy atom. The highest BCUT2D eigenvalue weighted by molar-refractivity contribution is 5.84. The molecule has 1 aromatic rings. The van der Waals surface area contributed by atoms with Crippen LogP contribution in [0.25, 0.3) is 0 Å². The van der Waals surface area contributed by atoms with Gasteiger partial charge in [0.15, 0.2) is 0 Å². The number of carbonyl (C=O) groups is 2. The highest BCUT2D eigenvalue weighted by Crippen LogP contribution is 2.29. The molecule has 0 aliphatic carbocycles. The number of benzene rings is 1. The number of halogens is 3. The Hall–Kier alpha value is -3.11. The molecule has 0 radical (unpaired) electrons. The number of rotatable bonds is 6. The molecule has 11 heteroatoms. The number of nitrogens with one attached hydrogen (secondary N) is 2. The molecular formula is C17H21F3N4O4. The zero-order valence-corrected chi connectivity index (χ0v) is 15.5. The summed E-state index contributed by atoms with van der Waals surface area (Å²) in [5, 5.41) is 11.7. The minimum atomic E-state index is -4.45. The fraction of sp³-hybridized carbons (Fsp3) is 0.412. The molecule has 0 fully saturated rings. The van der Waals surface area contributed by atoms with Gasteiger partial charge in [-0.2, -0.15) is 13.2 Å². The minimum absolute atomic E-state index is 0.131. The predicted molar refractivity (Wildman–Crippen MR) is 97.1 cm³/mol. The van der Waals surface area contributed by atoms with Gasteiger partial charge in [-0.1, -0.05) is 10.3 Å². The monoisotopic (exact) mass is 402 g/mol. The Morgan fingerprint density at radius 3 is 1.93 bits per heavy atom. The van der Waals surface area contributed by atoms with E-state index in [1.165, 1.54) is 12.4 Å². The summed E-state index contributed by atoms with van der Waals surface area (Å²) in [5.41, 5.74) is -1.13. The molecule has 1 aromatic carbocycles. The number of anilines is 1. The first-order chi connectivity index (χ1) is 13.0. The van der Waals surface area contributed by atoms with Crippen LogP contribution in [0.5, 0.6) is 0 Å². The topological polar surface area (TPSA) is 101 Å². The van der Waals surface area contributed by atoms with Gasteiger partial charge < -0.3 is 5.32 Å². The van der Waals surface area contributed by atoms with E-state index in [1.54, 1.807) is 20.8 Å². The van der Waals surface area contributed by atoms with Crippen LogP contribution in [0.3, 0.4) is 0 Å². The summed E-state index contributed by atoms with van der Waals surface area (Å²) in [5.74, 6) is 0. The van der Waals surface area contributed by atoms with Crippen LogP contribution in [0.2, 0.25) is 0 Å². The molecule has 0 atom stereocenters. The van der Waals surface area contributed by atoms with Gasteiger partial charge >= 0.3 is 18.4 Å². The molecule has 0 aliphatic heterocycles. The van der Waals surface area contributed by atoms with E-state index in [0.29, 0.717) is 12.8 Å². The molecule has 0 saturated heterocycles. The summed E-state index contributed by atoms with van der Waals surface area (Å²) in [6.45, 7) is 5.38. The molecule has 0 aromatic heterocycles. The Labute approximate surface area is 159 Å². The second kappa shape index (κ2) is 10.3. The van der Waals surface area contributed by atoms with Crippen LogP contribution >= 0.6 is 0 Å². The highest BCUT2D eigenvalue weighted by Gasteiger charge is 2.30. The molecule has 0 heterocycles. The number of carbonyl (C=O) groups excluding carboxylic acids is 2. The van der Waals surface area contributed by atoms with Crippen LogP contribution in [-0.2, 0) is 15.9 Å². The standard InChI is InChI=1S/C17H21F3N4O4/c1-16(2,3)24-15(26)28-22-11-5-4-10-21-27-14(25)23-13-8-6-12(7-9-13)17(18,19)20/h6-11H,4-5H2,1-3H3,(H,23,25)(H,24,26). The molecule has 28 heavy (non-hydrogen) atoms. The van der Waals surface area contributed by atoms with Gasteiger partial charge in [0.25, 0.3) is 0 Å². The van der Waals surface area contributed by atoms with Gasteiger partial charge in [-0.05, 0) is 57.9 Å². The van der Waals surface area contributed by atoms with Crippen LogP contribution in [0, 0.1) is 0 Å². The Bertz CT molecular complexity index is 711. The van der Waals surface area contributed by atoms with Crippen molar-refractivity contribution in [1.29, 1.82) is 0 Å². The lowest BCUT2D eigenvalue weighted by atomic mass is 10.1. The van der Waals surface area contributed by atoms with Crippen molar-refractivity contribution in [1.82, 2.24) is 5.32 Å². The smallest absolute Gasteiger partial charge is 0.315 e. The van der Waals surface area contributed by atoms with Crippen molar-refractivity contribution >= 4 is 30.3 Å². The van der Waals surface area contributed by atoms with Gasteiger partial charge in [-0.3, -0.25) is 15.0 Å². The van der Waals surface area contributed by atoms with E-state index in [9.17, 15) is 22.8 Å². The molecular weight excluding hydrogens is 381 g/mol. The third-order valence-corrected chi connectivity index (χ3v) is 2.78. The maximum absolute atomic E-state index is 12.4. The average Bonchev–Trinajstić information content (AvgIpc) is 2.55. The van der Waals surface area contributed by atoms with E-state index in [-0.39, 0.29) is 5.69 Å². The molecule has 0 bridgehead atoms. The zero-order chi connectivity index (χ0) is 21.2. The largest absolute Gasteiger partial charge is 0.437 e. The van der Waals surface area contributed by atoms with E-state index >= 15 is 0 Å². The van der Waals surface area contributed by atoms with Crippen LogP contribution < -0.4 is 10.6 Å². The quantitative estimate of drug-likeness (QED) is 0.316. The number of oxime groups is 2. The van der Waals surface area contributed by atoms with Gasteiger partial charge in [0, 0.05) is 23.7 Å². The predicted octanol–water partition coefficient (Wildman–Crippen LogP) is 4.53. The van der Waals surface area contributed by atoms with Crippen LogP contribution in [-0.4, -0.2) is 30.2 Å². The van der Waals surface area contributed by atoms with Crippen molar-refractivity contribution in [2.24, 2.45) is 10.3 Å². The van der Waals surface area contributed by atoms with Gasteiger partial charge in [-0.15, -0.1) is 0 Å². The van der Waals surface area contributed by atoms with E-state index in [1.807, 2.05) is 0 Å². The number of hydrogen-bond acceptors (Lipinski definition) is 6. The molecule has 2 N–H and O–H groups in total. The Kier molecular flexibility index (Phi) is 8.42. The summed E-state index contributed by atoms with van der Waals surface area (Å²) in [6, 6.07) is 3.87. The van der Waals surface area contributed by atoms with E-state index in [0.717, 1.165) is 24.3 Å². The maximum Gasteiger partial charge on any atom is 0.437 e. The van der Waals surface area contributed by atoms with E-state index in [4.69, 9.17) is 0 Å². The number of alkyl halides is 3. The molecule has 0 unspecified atom stereocenters. The second-order valence-corrected chi connectivity index (χ2v) is 6.49. The van der Waals surface area contributed by atoms with Crippen molar-refractivity contribution in [2.45, 2.75) is 45.3 Å². The van der Waals surface area contributed by atoms with Gasteiger partial charge in [0.05, 0.1) is 5.56 Å². The van der Waals surface area contributed by atoms with E-state index in [2.05, 4.69) is 30.6 Å². The first-order valence-corrected chi connectivity index (χ1v) is 8.15. The molecule has 0 aliphatic rings. The molecule has 1 rings (SSSR count). The fourth-order valence-corrected chi connectivity index (χ4v) is 1.64. The lowest BCUT2D eigenvalue weighted by Gasteiger charge is -2.18. The third-order valence-electron chi connectivity index (χ3n) is 2.78. The zero-order valence-electron chi connectivity index (χ0n) is 15.5. The van der Waals surface area contributed by atoms with Crippen LogP contribution in [0.15, 0.2) is 34.6 Å². The van der Waals surface area contributed by atoms with Crippen LogP contribution in [0.4, 0.5) is 28.4 Å².